The second-order valence-corrected chi connectivity index (χ2v) is 7.96. The highest BCUT2D eigenvalue weighted by molar-refractivity contribution is 7.92. The van der Waals surface area contributed by atoms with E-state index in [0.29, 0.717) is 16.6 Å². The fourth-order valence-electron chi connectivity index (χ4n) is 2.36. The zero-order valence-electron chi connectivity index (χ0n) is 13.5. The summed E-state index contributed by atoms with van der Waals surface area (Å²) in [6.07, 6.45) is 1.56. The van der Waals surface area contributed by atoms with Crippen LogP contribution in [0.25, 0.3) is 0 Å². The van der Waals surface area contributed by atoms with Gasteiger partial charge in [0.2, 0.25) is 0 Å². The molecular formula is C16H12Cl2N4O4S. The van der Waals surface area contributed by atoms with E-state index >= 15 is 0 Å². The van der Waals surface area contributed by atoms with Crippen molar-refractivity contribution < 1.29 is 13.3 Å². The zero-order chi connectivity index (χ0) is 19.6. The standard InChI is InChI=1S/C16H12Cl2N4O4S/c17-12-6-5-11(13(18)9-12)10-21-8-7-16(19-21)20-27(25,26)15-4-2-1-3-14(15)22(23)24/h1-9H,10H2,(H,19,20). The molecule has 0 saturated heterocycles. The average Bonchev–Trinajstić information content (AvgIpc) is 3.03. The first-order valence-corrected chi connectivity index (χ1v) is 9.74. The van der Waals surface area contributed by atoms with Gasteiger partial charge < -0.3 is 0 Å². The Bertz CT molecular complexity index is 1120. The molecule has 0 amide bonds. The summed E-state index contributed by atoms with van der Waals surface area (Å²) in [5.74, 6) is 0.0261. The molecule has 140 valence electrons. The molecule has 1 heterocycles. The molecule has 1 N–H and O–H groups in total. The molecule has 0 spiro atoms. The van der Waals surface area contributed by atoms with Crippen LogP contribution in [0, 0.1) is 10.1 Å². The maximum Gasteiger partial charge on any atom is 0.289 e. The van der Waals surface area contributed by atoms with E-state index in [0.717, 1.165) is 17.7 Å². The molecule has 0 aliphatic carbocycles. The Hall–Kier alpha value is -2.62. The molecule has 11 heteroatoms. The number of nitro benzene ring substituents is 1. The first-order valence-electron chi connectivity index (χ1n) is 7.50. The number of nitrogens with one attached hydrogen (secondary N) is 1. The number of benzene rings is 2. The molecule has 27 heavy (non-hydrogen) atoms. The molecule has 0 aliphatic heterocycles. The van der Waals surface area contributed by atoms with Crippen molar-refractivity contribution in [2.24, 2.45) is 0 Å². The van der Waals surface area contributed by atoms with Crippen LogP contribution in [0.2, 0.25) is 10.0 Å². The van der Waals surface area contributed by atoms with E-state index in [4.69, 9.17) is 23.2 Å². The number of aromatic nitrogens is 2. The molecule has 0 radical (unpaired) electrons. The Kier molecular flexibility index (Phi) is 5.36. The smallest absolute Gasteiger partial charge is 0.266 e. The van der Waals surface area contributed by atoms with Gasteiger partial charge in [-0.3, -0.25) is 19.5 Å². The second-order valence-electron chi connectivity index (χ2n) is 5.46. The first-order chi connectivity index (χ1) is 12.8. The Morgan fingerprint density at radius 3 is 2.59 bits per heavy atom. The van der Waals surface area contributed by atoms with Crippen LogP contribution in [0.4, 0.5) is 11.5 Å². The third-order valence-electron chi connectivity index (χ3n) is 3.58. The molecule has 0 unspecified atom stereocenters. The van der Waals surface area contributed by atoms with Crippen molar-refractivity contribution in [3.8, 4) is 0 Å². The lowest BCUT2D eigenvalue weighted by Crippen LogP contribution is -2.15. The third kappa shape index (κ3) is 4.38. The van der Waals surface area contributed by atoms with E-state index in [9.17, 15) is 18.5 Å². The topological polar surface area (TPSA) is 107 Å². The van der Waals surface area contributed by atoms with Crippen LogP contribution in [0.3, 0.4) is 0 Å². The molecule has 0 saturated carbocycles. The van der Waals surface area contributed by atoms with Gasteiger partial charge in [0.25, 0.3) is 15.7 Å². The minimum Gasteiger partial charge on any atom is -0.266 e. The number of hydrogen-bond acceptors (Lipinski definition) is 5. The second kappa shape index (κ2) is 7.55. The van der Waals surface area contributed by atoms with Crippen LogP contribution in [0.15, 0.2) is 59.6 Å². The summed E-state index contributed by atoms with van der Waals surface area (Å²) in [6, 6.07) is 11.5. The van der Waals surface area contributed by atoms with Crippen LogP contribution in [-0.4, -0.2) is 23.1 Å². The summed E-state index contributed by atoms with van der Waals surface area (Å²) < 4.78 is 28.7. The highest BCUT2D eigenvalue weighted by atomic mass is 35.5. The van der Waals surface area contributed by atoms with Crippen LogP contribution in [-0.2, 0) is 16.6 Å². The number of halogens is 2. The van der Waals surface area contributed by atoms with E-state index in [1.807, 2.05) is 0 Å². The van der Waals surface area contributed by atoms with E-state index in [-0.39, 0.29) is 5.82 Å². The van der Waals surface area contributed by atoms with Crippen molar-refractivity contribution in [1.82, 2.24) is 9.78 Å². The molecule has 0 fully saturated rings. The number of nitro groups is 1. The van der Waals surface area contributed by atoms with E-state index in [2.05, 4.69) is 9.82 Å². The Morgan fingerprint density at radius 1 is 1.15 bits per heavy atom. The molecule has 1 aromatic heterocycles. The lowest BCUT2D eigenvalue weighted by Gasteiger charge is -2.07. The van der Waals surface area contributed by atoms with Gasteiger partial charge in [-0.1, -0.05) is 41.4 Å². The van der Waals surface area contributed by atoms with Gasteiger partial charge in [-0.25, -0.2) is 8.42 Å². The highest BCUT2D eigenvalue weighted by Gasteiger charge is 2.25. The number of hydrogen-bond donors (Lipinski definition) is 1. The van der Waals surface area contributed by atoms with Crippen molar-refractivity contribution in [3.63, 3.8) is 0 Å². The molecule has 0 bridgehead atoms. The molecule has 0 atom stereocenters. The number of anilines is 1. The van der Waals surface area contributed by atoms with Crippen LogP contribution >= 0.6 is 23.2 Å². The van der Waals surface area contributed by atoms with Crippen LogP contribution in [0.5, 0.6) is 0 Å². The van der Waals surface area contributed by atoms with E-state index in [1.165, 1.54) is 22.9 Å². The monoisotopic (exact) mass is 426 g/mol. The summed E-state index contributed by atoms with van der Waals surface area (Å²) in [7, 11) is -4.17. The van der Waals surface area contributed by atoms with Gasteiger partial charge in [0, 0.05) is 28.4 Å². The van der Waals surface area contributed by atoms with Gasteiger partial charge >= 0.3 is 0 Å². The summed E-state index contributed by atoms with van der Waals surface area (Å²) in [5, 5.41) is 16.1. The third-order valence-corrected chi connectivity index (χ3v) is 5.57. The van der Waals surface area contributed by atoms with Crippen LogP contribution in [0.1, 0.15) is 5.56 Å². The average molecular weight is 427 g/mol. The predicted molar refractivity (Wildman–Crippen MR) is 102 cm³/mol. The van der Waals surface area contributed by atoms with Crippen molar-refractivity contribution in [2.75, 3.05) is 4.72 Å². The zero-order valence-corrected chi connectivity index (χ0v) is 15.9. The number of sulfonamides is 1. The summed E-state index contributed by atoms with van der Waals surface area (Å²) in [5.41, 5.74) is 0.231. The maximum atomic E-state index is 12.5. The Morgan fingerprint density at radius 2 is 1.89 bits per heavy atom. The van der Waals surface area contributed by atoms with Gasteiger partial charge in [0.05, 0.1) is 11.5 Å². The van der Waals surface area contributed by atoms with Gasteiger partial charge in [-0.15, -0.1) is 0 Å². The predicted octanol–water partition coefficient (Wildman–Crippen LogP) is 3.95. The normalized spacial score (nSPS) is 11.3. The van der Waals surface area contributed by atoms with Crippen molar-refractivity contribution >= 4 is 44.7 Å². The van der Waals surface area contributed by atoms with Crippen molar-refractivity contribution in [1.29, 1.82) is 0 Å². The summed E-state index contributed by atoms with van der Waals surface area (Å²) >= 11 is 12.0. The maximum absolute atomic E-state index is 12.5. The van der Waals surface area contributed by atoms with E-state index < -0.39 is 25.5 Å². The number of rotatable bonds is 6. The van der Waals surface area contributed by atoms with Gasteiger partial charge in [0.15, 0.2) is 10.7 Å². The van der Waals surface area contributed by atoms with Crippen molar-refractivity contribution in [2.45, 2.75) is 11.4 Å². The summed E-state index contributed by atoms with van der Waals surface area (Å²) in [6.45, 7) is 0.295. The summed E-state index contributed by atoms with van der Waals surface area (Å²) in [4.78, 5) is 9.86. The molecule has 3 aromatic rings. The lowest BCUT2D eigenvalue weighted by atomic mass is 10.2. The quantitative estimate of drug-likeness (QED) is 0.474. The first kappa shape index (κ1) is 19.2. The minimum atomic E-state index is -4.17. The Labute approximate surface area is 164 Å². The number of nitrogens with zero attached hydrogens (tertiary/aromatic N) is 3. The molecular weight excluding hydrogens is 415 g/mol. The molecule has 2 aromatic carbocycles. The van der Waals surface area contributed by atoms with Gasteiger partial charge in [0.1, 0.15) is 0 Å². The van der Waals surface area contributed by atoms with Gasteiger partial charge in [-0.2, -0.15) is 5.10 Å². The minimum absolute atomic E-state index is 0.0261. The molecule has 0 aliphatic rings. The largest absolute Gasteiger partial charge is 0.289 e. The highest BCUT2D eigenvalue weighted by Crippen LogP contribution is 2.25. The Balaban J connectivity index is 1.82. The lowest BCUT2D eigenvalue weighted by molar-refractivity contribution is -0.387. The fourth-order valence-corrected chi connectivity index (χ4v) is 3.99. The fraction of sp³-hybridized carbons (Fsp3) is 0.0625. The van der Waals surface area contributed by atoms with E-state index in [1.54, 1.807) is 24.4 Å². The molecule has 3 rings (SSSR count). The van der Waals surface area contributed by atoms with Crippen molar-refractivity contribution in [3.05, 3.63) is 80.5 Å². The SMILES string of the molecule is O=[N+]([O-])c1ccccc1S(=O)(=O)Nc1ccn(Cc2ccc(Cl)cc2Cl)n1. The number of para-hydroxylation sites is 1. The molecule has 8 nitrogen and oxygen atoms in total. The van der Waals surface area contributed by atoms with Crippen LogP contribution < -0.4 is 4.72 Å². The van der Waals surface area contributed by atoms with Gasteiger partial charge in [-0.05, 0) is 23.8 Å².